The summed E-state index contributed by atoms with van der Waals surface area (Å²) in [6, 6.07) is 3.87. The van der Waals surface area contributed by atoms with E-state index in [0.717, 1.165) is 9.75 Å². The second-order valence-corrected chi connectivity index (χ2v) is 4.88. The van der Waals surface area contributed by atoms with Crippen molar-refractivity contribution >= 4 is 17.2 Å². The maximum Gasteiger partial charge on any atom is 0.405 e. The van der Waals surface area contributed by atoms with Crippen LogP contribution in [0.4, 0.5) is 13.2 Å². The molecule has 1 amide bonds. The van der Waals surface area contributed by atoms with Crippen LogP contribution in [0.25, 0.3) is 0 Å². The molecular formula is C10H13F3N2OS. The van der Waals surface area contributed by atoms with Crippen molar-refractivity contribution in [1.29, 1.82) is 0 Å². The fraction of sp³-hybridized carbons (Fsp3) is 0.500. The van der Waals surface area contributed by atoms with Crippen LogP contribution in [0.5, 0.6) is 0 Å². The molecule has 1 rings (SSSR count). The lowest BCUT2D eigenvalue weighted by atomic mass is 10.4. The summed E-state index contributed by atoms with van der Waals surface area (Å²) in [5, 5.41) is 4.57. The highest BCUT2D eigenvalue weighted by Crippen LogP contribution is 2.14. The van der Waals surface area contributed by atoms with Crippen LogP contribution in [0.2, 0.25) is 0 Å². The highest BCUT2D eigenvalue weighted by molar-refractivity contribution is 7.11. The number of alkyl halides is 3. The average molecular weight is 266 g/mol. The second kappa shape index (κ2) is 6.02. The van der Waals surface area contributed by atoms with Crippen LogP contribution in [-0.4, -0.2) is 25.2 Å². The molecule has 0 aliphatic heterocycles. The molecule has 0 saturated heterocycles. The van der Waals surface area contributed by atoms with Gasteiger partial charge in [0.1, 0.15) is 6.54 Å². The Kier molecular flexibility index (Phi) is 4.95. The SMILES string of the molecule is Cc1ccc(CNCC(=O)NCC(F)(F)F)s1. The molecule has 7 heteroatoms. The van der Waals surface area contributed by atoms with Crippen molar-refractivity contribution in [3.8, 4) is 0 Å². The molecule has 0 unspecified atom stereocenters. The van der Waals surface area contributed by atoms with Crippen LogP contribution < -0.4 is 10.6 Å². The predicted octanol–water partition coefficient (Wildman–Crippen LogP) is 1.82. The van der Waals surface area contributed by atoms with Crippen LogP contribution >= 0.6 is 11.3 Å². The van der Waals surface area contributed by atoms with Crippen molar-refractivity contribution in [3.05, 3.63) is 21.9 Å². The Labute approximate surface area is 101 Å². The van der Waals surface area contributed by atoms with Gasteiger partial charge in [-0.05, 0) is 19.1 Å². The highest BCUT2D eigenvalue weighted by Gasteiger charge is 2.27. The number of halogens is 3. The van der Waals surface area contributed by atoms with Gasteiger partial charge in [0.2, 0.25) is 5.91 Å². The summed E-state index contributed by atoms with van der Waals surface area (Å²) >= 11 is 1.58. The van der Waals surface area contributed by atoms with Gasteiger partial charge in [-0.3, -0.25) is 4.79 Å². The highest BCUT2D eigenvalue weighted by atomic mass is 32.1. The first kappa shape index (κ1) is 14.0. The molecule has 0 spiro atoms. The summed E-state index contributed by atoms with van der Waals surface area (Å²) in [6.45, 7) is 1.04. The van der Waals surface area contributed by atoms with E-state index in [9.17, 15) is 18.0 Å². The number of aryl methyl sites for hydroxylation is 1. The third-order valence-electron chi connectivity index (χ3n) is 1.87. The number of carbonyl (C=O) groups is 1. The lowest BCUT2D eigenvalue weighted by Crippen LogP contribution is -2.39. The van der Waals surface area contributed by atoms with Gasteiger partial charge in [-0.25, -0.2) is 0 Å². The van der Waals surface area contributed by atoms with E-state index in [1.165, 1.54) is 0 Å². The standard InChI is InChI=1S/C10H13F3N2OS/c1-7-2-3-8(17-7)4-14-5-9(16)15-6-10(11,12)13/h2-3,14H,4-6H2,1H3,(H,15,16). The molecule has 0 saturated carbocycles. The van der Waals surface area contributed by atoms with E-state index in [1.54, 1.807) is 16.7 Å². The van der Waals surface area contributed by atoms with Crippen LogP contribution in [0.15, 0.2) is 12.1 Å². The summed E-state index contributed by atoms with van der Waals surface area (Å²) < 4.78 is 35.3. The van der Waals surface area contributed by atoms with Crippen LogP contribution in [0.1, 0.15) is 9.75 Å². The molecule has 2 N–H and O–H groups in total. The minimum Gasteiger partial charge on any atom is -0.346 e. The minimum atomic E-state index is -4.36. The number of nitrogens with one attached hydrogen (secondary N) is 2. The summed E-state index contributed by atoms with van der Waals surface area (Å²) in [7, 11) is 0. The van der Waals surface area contributed by atoms with Gasteiger partial charge in [0, 0.05) is 16.3 Å². The zero-order valence-corrected chi connectivity index (χ0v) is 10.0. The van der Waals surface area contributed by atoms with Gasteiger partial charge >= 0.3 is 6.18 Å². The number of thiophene rings is 1. The number of rotatable bonds is 5. The summed E-state index contributed by atoms with van der Waals surface area (Å²) in [5.74, 6) is -0.657. The lowest BCUT2D eigenvalue weighted by Gasteiger charge is -2.08. The first-order chi connectivity index (χ1) is 7.87. The van der Waals surface area contributed by atoms with Crippen LogP contribution in [-0.2, 0) is 11.3 Å². The van der Waals surface area contributed by atoms with Crippen LogP contribution in [0, 0.1) is 6.92 Å². The van der Waals surface area contributed by atoms with Gasteiger partial charge < -0.3 is 10.6 Å². The van der Waals surface area contributed by atoms with E-state index >= 15 is 0 Å². The Morgan fingerprint density at radius 2 is 2.12 bits per heavy atom. The molecule has 1 aromatic heterocycles. The predicted molar refractivity (Wildman–Crippen MR) is 59.8 cm³/mol. The third-order valence-corrected chi connectivity index (χ3v) is 2.87. The third kappa shape index (κ3) is 6.28. The molecule has 0 radical (unpaired) electrons. The Hall–Kier alpha value is -1.08. The van der Waals surface area contributed by atoms with Gasteiger partial charge in [-0.1, -0.05) is 0 Å². The normalized spacial score (nSPS) is 11.5. The van der Waals surface area contributed by atoms with Gasteiger partial charge in [0.25, 0.3) is 0 Å². The summed E-state index contributed by atoms with van der Waals surface area (Å²) in [4.78, 5) is 13.2. The summed E-state index contributed by atoms with van der Waals surface area (Å²) in [5.41, 5.74) is 0. The van der Waals surface area contributed by atoms with Gasteiger partial charge in [-0.2, -0.15) is 13.2 Å². The molecular weight excluding hydrogens is 253 g/mol. The number of hydrogen-bond donors (Lipinski definition) is 2. The minimum absolute atomic E-state index is 0.118. The Morgan fingerprint density at radius 1 is 1.41 bits per heavy atom. The molecule has 0 aliphatic carbocycles. The Bertz CT molecular complexity index is 376. The van der Waals surface area contributed by atoms with Crippen molar-refractivity contribution in [2.75, 3.05) is 13.1 Å². The molecule has 17 heavy (non-hydrogen) atoms. The molecule has 1 aromatic rings. The van der Waals surface area contributed by atoms with Crippen molar-refractivity contribution in [2.24, 2.45) is 0 Å². The molecule has 0 aliphatic rings. The lowest BCUT2D eigenvalue weighted by molar-refractivity contribution is -0.137. The van der Waals surface area contributed by atoms with Crippen molar-refractivity contribution < 1.29 is 18.0 Å². The Balaban J connectivity index is 2.16. The molecule has 0 atom stereocenters. The van der Waals surface area contributed by atoms with E-state index in [0.29, 0.717) is 6.54 Å². The quantitative estimate of drug-likeness (QED) is 0.853. The zero-order valence-electron chi connectivity index (χ0n) is 9.23. The van der Waals surface area contributed by atoms with E-state index in [1.807, 2.05) is 19.1 Å². The van der Waals surface area contributed by atoms with E-state index in [4.69, 9.17) is 0 Å². The first-order valence-electron chi connectivity index (χ1n) is 4.96. The molecule has 0 aromatic carbocycles. The first-order valence-corrected chi connectivity index (χ1v) is 5.78. The van der Waals surface area contributed by atoms with E-state index in [-0.39, 0.29) is 6.54 Å². The average Bonchev–Trinajstić information content (AvgIpc) is 2.60. The maximum absolute atomic E-state index is 11.8. The number of carbonyl (C=O) groups excluding carboxylic acids is 1. The van der Waals surface area contributed by atoms with Gasteiger partial charge in [-0.15, -0.1) is 11.3 Å². The van der Waals surface area contributed by atoms with E-state index < -0.39 is 18.6 Å². The molecule has 3 nitrogen and oxygen atoms in total. The molecule has 0 fully saturated rings. The Morgan fingerprint density at radius 3 is 2.65 bits per heavy atom. The van der Waals surface area contributed by atoms with Gasteiger partial charge in [0.15, 0.2) is 0 Å². The fourth-order valence-electron chi connectivity index (χ4n) is 1.14. The van der Waals surface area contributed by atoms with E-state index in [2.05, 4.69) is 5.32 Å². The topological polar surface area (TPSA) is 41.1 Å². The second-order valence-electron chi connectivity index (χ2n) is 3.51. The maximum atomic E-state index is 11.8. The molecule has 96 valence electrons. The van der Waals surface area contributed by atoms with Crippen molar-refractivity contribution in [1.82, 2.24) is 10.6 Å². The smallest absolute Gasteiger partial charge is 0.346 e. The molecule has 0 bridgehead atoms. The zero-order chi connectivity index (χ0) is 12.9. The van der Waals surface area contributed by atoms with Gasteiger partial charge in [0.05, 0.1) is 6.54 Å². The van der Waals surface area contributed by atoms with Crippen molar-refractivity contribution in [3.63, 3.8) is 0 Å². The molecule has 1 heterocycles. The van der Waals surface area contributed by atoms with Crippen LogP contribution in [0.3, 0.4) is 0 Å². The monoisotopic (exact) mass is 266 g/mol. The van der Waals surface area contributed by atoms with Crippen molar-refractivity contribution in [2.45, 2.75) is 19.6 Å². The number of amides is 1. The largest absolute Gasteiger partial charge is 0.405 e. The summed E-state index contributed by atoms with van der Waals surface area (Å²) in [6.07, 6.45) is -4.36. The fourth-order valence-corrected chi connectivity index (χ4v) is 2.00. The number of hydrogen-bond acceptors (Lipinski definition) is 3.